The van der Waals surface area contributed by atoms with E-state index in [0.29, 0.717) is 4.91 Å². The monoisotopic (exact) mass is 186 g/mol. The molecule has 2 aliphatic rings. The molecule has 1 fully saturated rings. The summed E-state index contributed by atoms with van der Waals surface area (Å²) in [5.41, 5.74) is 0. The summed E-state index contributed by atoms with van der Waals surface area (Å²) in [7, 11) is -3.22. The topological polar surface area (TPSA) is 58.5 Å². The van der Waals surface area contributed by atoms with E-state index in [1.807, 2.05) is 0 Å². The lowest BCUT2D eigenvalue weighted by atomic mass is 10.7. The predicted octanol–water partition coefficient (Wildman–Crippen LogP) is 0.384. The fourth-order valence-electron chi connectivity index (χ4n) is 0.947. The lowest BCUT2D eigenvalue weighted by Gasteiger charge is -1.96. The number of allylic oxidation sites excluding steroid dienone is 1. The Morgan fingerprint density at radius 2 is 2.25 bits per heavy atom. The molecule has 5 heteroatoms. The van der Waals surface area contributed by atoms with Crippen molar-refractivity contribution in [2.75, 3.05) is 0 Å². The maximum atomic E-state index is 11.4. The van der Waals surface area contributed by atoms with Gasteiger partial charge >= 0.3 is 0 Å². The van der Waals surface area contributed by atoms with Crippen LogP contribution in [0.2, 0.25) is 0 Å². The number of sulfone groups is 1. The number of rotatable bonds is 1. The Hall–Kier alpha value is -0.840. The van der Waals surface area contributed by atoms with Gasteiger partial charge in [-0.1, -0.05) is 0 Å². The smallest absolute Gasteiger partial charge is 0.236 e. The molecule has 1 aliphatic heterocycles. The van der Waals surface area contributed by atoms with Crippen molar-refractivity contribution in [2.45, 2.75) is 25.8 Å². The van der Waals surface area contributed by atoms with Crippen molar-refractivity contribution in [2.24, 2.45) is 4.99 Å². The molecular weight excluding hydrogens is 176 g/mol. The third-order valence-electron chi connectivity index (χ3n) is 1.92. The molecule has 12 heavy (non-hydrogen) atoms. The van der Waals surface area contributed by atoms with Crippen molar-refractivity contribution in [1.29, 1.82) is 0 Å². The van der Waals surface area contributed by atoms with Gasteiger partial charge in [0.05, 0.1) is 10.9 Å². The second kappa shape index (κ2) is 2.32. The highest BCUT2D eigenvalue weighted by Crippen LogP contribution is 2.25. The van der Waals surface area contributed by atoms with Crippen molar-refractivity contribution >= 4 is 15.0 Å². The van der Waals surface area contributed by atoms with E-state index in [1.165, 1.54) is 6.20 Å². The van der Waals surface area contributed by atoms with E-state index in [9.17, 15) is 8.42 Å². The van der Waals surface area contributed by atoms with Crippen LogP contribution >= 0.6 is 0 Å². The minimum absolute atomic E-state index is 0.127. The third-order valence-corrected chi connectivity index (χ3v) is 3.62. The molecule has 0 unspecified atom stereocenters. The Labute approximate surface area is 71.3 Å². The first-order chi connectivity index (χ1) is 5.60. The van der Waals surface area contributed by atoms with E-state index >= 15 is 0 Å². The summed E-state index contributed by atoms with van der Waals surface area (Å²) < 4.78 is 22.8. The van der Waals surface area contributed by atoms with Crippen LogP contribution in [0.25, 0.3) is 0 Å². The van der Waals surface area contributed by atoms with Crippen LogP contribution in [0.1, 0.15) is 19.8 Å². The number of nitrogens with one attached hydrogen (secondary N) is 1. The highest BCUT2D eigenvalue weighted by molar-refractivity contribution is 8.09. The van der Waals surface area contributed by atoms with E-state index in [0.717, 1.165) is 12.8 Å². The molecule has 0 atom stereocenters. The van der Waals surface area contributed by atoms with Crippen molar-refractivity contribution < 1.29 is 8.42 Å². The molecule has 1 saturated carbocycles. The molecule has 4 nitrogen and oxygen atoms in total. The summed E-state index contributed by atoms with van der Waals surface area (Å²) in [6, 6.07) is 0.238. The number of aliphatic imine (C=N–C) groups is 1. The Morgan fingerprint density at radius 1 is 1.58 bits per heavy atom. The van der Waals surface area contributed by atoms with Gasteiger partial charge < -0.3 is 5.32 Å². The molecule has 0 aromatic rings. The fourth-order valence-corrected chi connectivity index (χ4v) is 1.97. The van der Waals surface area contributed by atoms with Gasteiger partial charge in [0.1, 0.15) is 0 Å². The summed E-state index contributed by atoms with van der Waals surface area (Å²) >= 11 is 0. The van der Waals surface area contributed by atoms with Crippen molar-refractivity contribution in [1.82, 2.24) is 5.32 Å². The molecule has 66 valence electrons. The lowest BCUT2D eigenvalue weighted by molar-refractivity contribution is 0.612. The van der Waals surface area contributed by atoms with Gasteiger partial charge in [-0.3, -0.25) is 4.99 Å². The molecule has 0 bridgehead atoms. The van der Waals surface area contributed by atoms with Crippen LogP contribution < -0.4 is 5.32 Å². The van der Waals surface area contributed by atoms with Crippen LogP contribution in [-0.4, -0.2) is 19.6 Å². The van der Waals surface area contributed by atoms with E-state index in [1.54, 1.807) is 6.92 Å². The molecule has 0 aromatic carbocycles. The largest absolute Gasteiger partial charge is 0.336 e. The third kappa shape index (κ3) is 1.14. The van der Waals surface area contributed by atoms with E-state index < -0.39 is 9.84 Å². The van der Waals surface area contributed by atoms with Crippen molar-refractivity contribution in [3.8, 4) is 0 Å². The number of hydrogen-bond acceptors (Lipinski definition) is 3. The van der Waals surface area contributed by atoms with Crippen LogP contribution in [0.3, 0.4) is 0 Å². The average Bonchev–Trinajstić information content (AvgIpc) is 2.75. The second-order valence-corrected chi connectivity index (χ2v) is 5.11. The van der Waals surface area contributed by atoms with Gasteiger partial charge in [-0.15, -0.1) is 0 Å². The molecule has 2 rings (SSSR count). The van der Waals surface area contributed by atoms with Crippen LogP contribution in [0, 0.1) is 0 Å². The SMILES string of the molecule is CC1=CNC(=NC2CC2)S1(=O)=O. The zero-order valence-electron chi connectivity index (χ0n) is 6.74. The molecule has 0 radical (unpaired) electrons. The highest BCUT2D eigenvalue weighted by atomic mass is 32.2. The number of nitrogens with zero attached hydrogens (tertiary/aromatic N) is 1. The number of hydrogen-bond donors (Lipinski definition) is 1. The molecule has 0 spiro atoms. The normalized spacial score (nSPS) is 30.1. The Balaban J connectivity index is 2.32. The maximum absolute atomic E-state index is 11.4. The van der Waals surface area contributed by atoms with E-state index in [4.69, 9.17) is 0 Å². The summed E-state index contributed by atoms with van der Waals surface area (Å²) in [4.78, 5) is 4.41. The first-order valence-corrected chi connectivity index (χ1v) is 5.35. The zero-order valence-corrected chi connectivity index (χ0v) is 7.56. The second-order valence-electron chi connectivity index (χ2n) is 3.07. The van der Waals surface area contributed by atoms with Crippen LogP contribution in [0.15, 0.2) is 16.1 Å². The molecule has 0 saturated heterocycles. The van der Waals surface area contributed by atoms with Crippen LogP contribution in [-0.2, 0) is 9.84 Å². The van der Waals surface area contributed by atoms with Crippen LogP contribution in [0.5, 0.6) is 0 Å². The van der Waals surface area contributed by atoms with Gasteiger partial charge in [0.15, 0.2) is 0 Å². The zero-order chi connectivity index (χ0) is 8.77. The molecule has 1 aliphatic carbocycles. The Kier molecular flexibility index (Phi) is 1.51. The quantitative estimate of drug-likeness (QED) is 0.644. The maximum Gasteiger partial charge on any atom is 0.236 e. The summed E-state index contributed by atoms with van der Waals surface area (Å²) in [5, 5.41) is 2.80. The van der Waals surface area contributed by atoms with Gasteiger partial charge in [0, 0.05) is 6.20 Å². The molecular formula is C7H10N2O2S. The van der Waals surface area contributed by atoms with E-state index in [-0.39, 0.29) is 11.2 Å². The highest BCUT2D eigenvalue weighted by Gasteiger charge is 2.30. The predicted molar refractivity (Wildman–Crippen MR) is 46.3 cm³/mol. The van der Waals surface area contributed by atoms with Gasteiger partial charge in [0.25, 0.3) is 0 Å². The number of amidine groups is 1. The molecule has 0 aromatic heterocycles. The molecule has 1 heterocycles. The minimum Gasteiger partial charge on any atom is -0.336 e. The minimum atomic E-state index is -3.22. The standard InChI is InChI=1S/C7H10N2O2S/c1-5-4-8-7(12(5,10)11)9-6-2-3-6/h4,6H,2-3H2,1H3,(H,8,9). The first-order valence-electron chi connectivity index (χ1n) is 3.87. The van der Waals surface area contributed by atoms with Crippen molar-refractivity contribution in [3.05, 3.63) is 11.1 Å². The molecule has 1 N–H and O–H groups in total. The first kappa shape index (κ1) is 7.79. The summed E-state index contributed by atoms with van der Waals surface area (Å²) in [6.07, 6.45) is 3.51. The van der Waals surface area contributed by atoms with Gasteiger partial charge in [-0.05, 0) is 19.8 Å². The van der Waals surface area contributed by atoms with Gasteiger partial charge in [-0.2, -0.15) is 0 Å². The van der Waals surface area contributed by atoms with Crippen LogP contribution in [0.4, 0.5) is 0 Å². The molecule has 0 amide bonds. The van der Waals surface area contributed by atoms with E-state index in [2.05, 4.69) is 10.3 Å². The van der Waals surface area contributed by atoms with Gasteiger partial charge in [-0.25, -0.2) is 8.42 Å². The Bertz CT molecular complexity index is 363. The fraction of sp³-hybridized carbons (Fsp3) is 0.571. The van der Waals surface area contributed by atoms with Crippen molar-refractivity contribution in [3.63, 3.8) is 0 Å². The Morgan fingerprint density at radius 3 is 2.67 bits per heavy atom. The van der Waals surface area contributed by atoms with Gasteiger partial charge in [0.2, 0.25) is 15.0 Å². The lowest BCUT2D eigenvalue weighted by Crippen LogP contribution is -2.20. The summed E-state index contributed by atoms with van der Waals surface area (Å²) in [5.74, 6) is 0. The average molecular weight is 186 g/mol. The summed E-state index contributed by atoms with van der Waals surface area (Å²) in [6.45, 7) is 1.57.